The Morgan fingerprint density at radius 1 is 1.24 bits per heavy atom. The SMILES string of the molecule is COc1ccc(C)cc1-c1cc(=S)nc(C)[nH]1. The Kier molecular flexibility index (Phi) is 3.24. The van der Waals surface area contributed by atoms with Gasteiger partial charge in [-0.3, -0.25) is 0 Å². The largest absolute Gasteiger partial charge is 0.496 e. The van der Waals surface area contributed by atoms with Crippen molar-refractivity contribution in [1.29, 1.82) is 0 Å². The molecule has 0 radical (unpaired) electrons. The van der Waals surface area contributed by atoms with Crippen LogP contribution < -0.4 is 4.74 Å². The van der Waals surface area contributed by atoms with Crippen LogP contribution in [0.1, 0.15) is 11.4 Å². The lowest BCUT2D eigenvalue weighted by molar-refractivity contribution is 0.416. The highest BCUT2D eigenvalue weighted by atomic mass is 32.1. The van der Waals surface area contributed by atoms with Crippen molar-refractivity contribution in [2.75, 3.05) is 7.11 Å². The summed E-state index contributed by atoms with van der Waals surface area (Å²) in [5, 5.41) is 0. The fraction of sp³-hybridized carbons (Fsp3) is 0.231. The predicted octanol–water partition coefficient (Wildman–Crippen LogP) is 3.43. The molecule has 1 heterocycles. The summed E-state index contributed by atoms with van der Waals surface area (Å²) in [6.45, 7) is 3.94. The zero-order valence-corrected chi connectivity index (χ0v) is 10.9. The topological polar surface area (TPSA) is 37.9 Å². The Morgan fingerprint density at radius 3 is 2.65 bits per heavy atom. The second kappa shape index (κ2) is 4.67. The van der Waals surface area contributed by atoms with Crippen LogP contribution in [-0.2, 0) is 0 Å². The van der Waals surface area contributed by atoms with Crippen LogP contribution in [0.2, 0.25) is 0 Å². The molecule has 0 bridgehead atoms. The molecule has 4 heteroatoms. The molecule has 0 amide bonds. The summed E-state index contributed by atoms with van der Waals surface area (Å²) in [5.41, 5.74) is 3.11. The van der Waals surface area contributed by atoms with E-state index in [-0.39, 0.29) is 0 Å². The van der Waals surface area contributed by atoms with Gasteiger partial charge in [0.1, 0.15) is 16.2 Å². The highest BCUT2D eigenvalue weighted by Crippen LogP contribution is 2.29. The van der Waals surface area contributed by atoms with E-state index in [0.29, 0.717) is 4.64 Å². The number of rotatable bonds is 2. The molecule has 17 heavy (non-hydrogen) atoms. The van der Waals surface area contributed by atoms with Gasteiger partial charge in [-0.15, -0.1) is 0 Å². The van der Waals surface area contributed by atoms with Crippen molar-refractivity contribution in [1.82, 2.24) is 9.97 Å². The lowest BCUT2D eigenvalue weighted by atomic mass is 10.1. The number of benzene rings is 1. The van der Waals surface area contributed by atoms with Gasteiger partial charge in [0.2, 0.25) is 0 Å². The number of aromatic amines is 1. The number of aromatic nitrogens is 2. The number of ether oxygens (including phenoxy) is 1. The van der Waals surface area contributed by atoms with E-state index < -0.39 is 0 Å². The number of nitrogens with one attached hydrogen (secondary N) is 1. The van der Waals surface area contributed by atoms with Gasteiger partial charge in [-0.2, -0.15) is 0 Å². The number of nitrogens with zero attached hydrogens (tertiary/aromatic N) is 1. The first-order valence-electron chi connectivity index (χ1n) is 5.33. The molecule has 0 aliphatic rings. The third-order valence-electron chi connectivity index (χ3n) is 2.51. The molecular weight excluding hydrogens is 232 g/mol. The van der Waals surface area contributed by atoms with Crippen LogP contribution in [0, 0.1) is 18.5 Å². The first kappa shape index (κ1) is 11.8. The molecule has 2 aromatic rings. The lowest BCUT2D eigenvalue weighted by Crippen LogP contribution is -1.94. The van der Waals surface area contributed by atoms with Crippen molar-refractivity contribution in [3.05, 3.63) is 40.3 Å². The molecule has 1 N–H and O–H groups in total. The first-order valence-corrected chi connectivity index (χ1v) is 5.74. The summed E-state index contributed by atoms with van der Waals surface area (Å²) >= 11 is 5.13. The lowest BCUT2D eigenvalue weighted by Gasteiger charge is -2.10. The van der Waals surface area contributed by atoms with Gasteiger partial charge >= 0.3 is 0 Å². The number of hydrogen-bond acceptors (Lipinski definition) is 3. The zero-order chi connectivity index (χ0) is 12.4. The Hall–Kier alpha value is -1.68. The molecule has 0 fully saturated rings. The standard InChI is InChI=1S/C13H14N2OS/c1-8-4-5-12(16-3)10(6-8)11-7-13(17)15-9(2)14-11/h4-7H,1-3H3,(H,14,15,17). The number of aryl methyl sites for hydroxylation is 2. The normalized spacial score (nSPS) is 10.3. The summed E-state index contributed by atoms with van der Waals surface area (Å²) < 4.78 is 5.94. The third-order valence-corrected chi connectivity index (χ3v) is 2.72. The number of methoxy groups -OCH3 is 1. The maximum atomic E-state index is 5.36. The molecule has 0 saturated carbocycles. The quantitative estimate of drug-likeness (QED) is 0.825. The molecule has 0 aliphatic carbocycles. The Labute approximate surface area is 105 Å². The van der Waals surface area contributed by atoms with Crippen molar-refractivity contribution < 1.29 is 4.74 Å². The maximum Gasteiger partial charge on any atom is 0.130 e. The van der Waals surface area contributed by atoms with Gasteiger partial charge in [0.05, 0.1) is 12.8 Å². The summed E-state index contributed by atoms with van der Waals surface area (Å²) in [4.78, 5) is 7.36. The van der Waals surface area contributed by atoms with Crippen LogP contribution in [0.15, 0.2) is 24.3 Å². The average molecular weight is 246 g/mol. The monoisotopic (exact) mass is 246 g/mol. The van der Waals surface area contributed by atoms with Crippen LogP contribution in [-0.4, -0.2) is 17.1 Å². The van der Waals surface area contributed by atoms with Crippen molar-refractivity contribution >= 4 is 12.2 Å². The Bertz CT molecular complexity index is 605. The molecule has 0 saturated heterocycles. The summed E-state index contributed by atoms with van der Waals surface area (Å²) in [7, 11) is 1.66. The Morgan fingerprint density at radius 2 is 2.00 bits per heavy atom. The van der Waals surface area contributed by atoms with E-state index in [4.69, 9.17) is 17.0 Å². The van der Waals surface area contributed by atoms with Gasteiger partial charge in [0, 0.05) is 5.56 Å². The molecular formula is C13H14N2OS. The number of H-pyrrole nitrogens is 1. The zero-order valence-electron chi connectivity index (χ0n) is 10.1. The molecule has 0 aliphatic heterocycles. The highest BCUT2D eigenvalue weighted by Gasteiger charge is 2.07. The van der Waals surface area contributed by atoms with Crippen LogP contribution >= 0.6 is 12.2 Å². The van der Waals surface area contributed by atoms with E-state index in [2.05, 4.69) is 16.0 Å². The smallest absolute Gasteiger partial charge is 0.130 e. The summed E-state index contributed by atoms with van der Waals surface area (Å²) in [6, 6.07) is 7.89. The minimum atomic E-state index is 0.583. The van der Waals surface area contributed by atoms with E-state index in [1.165, 1.54) is 5.56 Å². The fourth-order valence-electron chi connectivity index (χ4n) is 1.76. The van der Waals surface area contributed by atoms with Crippen LogP contribution in [0.3, 0.4) is 0 Å². The minimum Gasteiger partial charge on any atom is -0.496 e. The van der Waals surface area contributed by atoms with Crippen molar-refractivity contribution in [3.63, 3.8) is 0 Å². The third kappa shape index (κ3) is 2.53. The van der Waals surface area contributed by atoms with Gasteiger partial charge in [-0.05, 0) is 32.0 Å². The second-order valence-corrected chi connectivity index (χ2v) is 4.34. The van der Waals surface area contributed by atoms with Gasteiger partial charge in [0.25, 0.3) is 0 Å². The fourth-order valence-corrected chi connectivity index (χ4v) is 2.01. The van der Waals surface area contributed by atoms with Crippen LogP contribution in [0.25, 0.3) is 11.3 Å². The van der Waals surface area contributed by atoms with Crippen LogP contribution in [0.4, 0.5) is 0 Å². The highest BCUT2D eigenvalue weighted by molar-refractivity contribution is 7.71. The Balaban J connectivity index is 2.66. The van der Waals surface area contributed by atoms with Crippen molar-refractivity contribution in [3.8, 4) is 17.0 Å². The van der Waals surface area contributed by atoms with Gasteiger partial charge in [-0.1, -0.05) is 23.8 Å². The predicted molar refractivity (Wildman–Crippen MR) is 70.9 cm³/mol. The van der Waals surface area contributed by atoms with Crippen molar-refractivity contribution in [2.45, 2.75) is 13.8 Å². The molecule has 0 unspecified atom stereocenters. The van der Waals surface area contributed by atoms with Crippen LogP contribution in [0.5, 0.6) is 5.75 Å². The summed E-state index contributed by atoms with van der Waals surface area (Å²) in [6.07, 6.45) is 0. The molecule has 1 aromatic heterocycles. The van der Waals surface area contributed by atoms with E-state index in [1.54, 1.807) is 7.11 Å². The average Bonchev–Trinajstić information content (AvgIpc) is 2.27. The molecule has 3 nitrogen and oxygen atoms in total. The molecule has 2 rings (SSSR count). The van der Waals surface area contributed by atoms with E-state index in [0.717, 1.165) is 22.8 Å². The maximum absolute atomic E-state index is 5.36. The molecule has 0 spiro atoms. The second-order valence-electron chi connectivity index (χ2n) is 3.92. The van der Waals surface area contributed by atoms with Crippen molar-refractivity contribution in [2.24, 2.45) is 0 Å². The molecule has 1 aromatic carbocycles. The summed E-state index contributed by atoms with van der Waals surface area (Å²) in [5.74, 6) is 1.63. The van der Waals surface area contributed by atoms with E-state index in [9.17, 15) is 0 Å². The molecule has 88 valence electrons. The first-order chi connectivity index (χ1) is 8.10. The van der Waals surface area contributed by atoms with Gasteiger partial charge in [0.15, 0.2) is 0 Å². The number of hydrogen-bond donors (Lipinski definition) is 1. The molecule has 0 atom stereocenters. The minimum absolute atomic E-state index is 0.583. The van der Waals surface area contributed by atoms with E-state index in [1.807, 2.05) is 32.0 Å². The van der Waals surface area contributed by atoms with E-state index >= 15 is 0 Å². The van der Waals surface area contributed by atoms with Gasteiger partial charge in [-0.25, -0.2) is 4.98 Å². The van der Waals surface area contributed by atoms with Gasteiger partial charge < -0.3 is 9.72 Å².